The van der Waals surface area contributed by atoms with Crippen molar-refractivity contribution in [3.8, 4) is 11.5 Å². The van der Waals surface area contributed by atoms with Gasteiger partial charge in [-0.05, 0) is 52.0 Å². The predicted molar refractivity (Wildman–Crippen MR) is 98.2 cm³/mol. The number of hydrogen-bond acceptors (Lipinski definition) is 3. The van der Waals surface area contributed by atoms with E-state index in [9.17, 15) is 4.79 Å². The third-order valence-corrected chi connectivity index (χ3v) is 4.32. The number of carbonyl (C=O) groups excluding carboxylic acids is 1. The summed E-state index contributed by atoms with van der Waals surface area (Å²) >= 11 is 6.14. The van der Waals surface area contributed by atoms with Crippen LogP contribution in [0.25, 0.3) is 0 Å². The predicted octanol–water partition coefficient (Wildman–Crippen LogP) is 3.90. The Labute approximate surface area is 155 Å². The van der Waals surface area contributed by atoms with Gasteiger partial charge in [0.1, 0.15) is 11.5 Å². The zero-order valence-corrected chi connectivity index (χ0v) is 15.5. The number of ether oxygens (including phenoxy) is 2. The van der Waals surface area contributed by atoms with Gasteiger partial charge in [0, 0.05) is 18.9 Å². The van der Waals surface area contributed by atoms with Crippen molar-refractivity contribution in [1.82, 2.24) is 0 Å². The minimum absolute atomic E-state index is 0. The fraction of sp³-hybridized carbons (Fsp3) is 0.235. The van der Waals surface area contributed by atoms with Gasteiger partial charge in [0.05, 0.1) is 23.8 Å². The van der Waals surface area contributed by atoms with Crippen molar-refractivity contribution in [3.63, 3.8) is 0 Å². The summed E-state index contributed by atoms with van der Waals surface area (Å²) in [5.74, 6) is 1.30. The summed E-state index contributed by atoms with van der Waals surface area (Å²) in [6.07, 6.45) is 0.127. The van der Waals surface area contributed by atoms with Crippen molar-refractivity contribution < 1.29 is 14.3 Å². The summed E-state index contributed by atoms with van der Waals surface area (Å²) in [5, 5.41) is 1.35. The molecule has 0 N–H and O–H groups in total. The zero-order valence-electron chi connectivity index (χ0n) is 13.7. The maximum Gasteiger partial charge on any atom is 0.190 e. The SMILES string of the molecule is COc1cccc(Cl)c1C(=O)Pc1ccc(OC(C)C)cc1.[Li]. The van der Waals surface area contributed by atoms with E-state index in [1.807, 2.05) is 38.1 Å². The van der Waals surface area contributed by atoms with E-state index in [1.165, 1.54) is 7.11 Å². The summed E-state index contributed by atoms with van der Waals surface area (Å²) in [6.45, 7) is 3.95. The molecule has 23 heavy (non-hydrogen) atoms. The van der Waals surface area contributed by atoms with Crippen molar-refractivity contribution in [3.05, 3.63) is 53.1 Å². The van der Waals surface area contributed by atoms with Crippen molar-refractivity contribution in [2.24, 2.45) is 0 Å². The Hall–Kier alpha value is -0.973. The van der Waals surface area contributed by atoms with Crippen LogP contribution in [0.2, 0.25) is 5.02 Å². The summed E-state index contributed by atoms with van der Waals surface area (Å²) in [5.41, 5.74) is 0.396. The first-order valence-electron chi connectivity index (χ1n) is 6.92. The molecule has 0 bridgehead atoms. The van der Waals surface area contributed by atoms with E-state index in [4.69, 9.17) is 21.1 Å². The van der Waals surface area contributed by atoms with Crippen molar-refractivity contribution in [1.29, 1.82) is 0 Å². The molecule has 1 atom stereocenters. The maximum atomic E-state index is 12.5. The van der Waals surface area contributed by atoms with E-state index in [0.717, 1.165) is 11.1 Å². The first-order chi connectivity index (χ1) is 10.5. The Bertz CT molecular complexity index is 659. The molecule has 6 heteroatoms. The van der Waals surface area contributed by atoms with Gasteiger partial charge < -0.3 is 9.47 Å². The molecule has 0 fully saturated rings. The van der Waals surface area contributed by atoms with Crippen molar-refractivity contribution in [2.45, 2.75) is 20.0 Å². The van der Waals surface area contributed by atoms with E-state index in [2.05, 4.69) is 0 Å². The molecule has 2 aromatic rings. The molecule has 0 aliphatic rings. The average Bonchev–Trinajstić information content (AvgIpc) is 2.48. The Balaban J connectivity index is 0.00000264. The van der Waals surface area contributed by atoms with Gasteiger partial charge in [-0.15, -0.1) is 0 Å². The quantitative estimate of drug-likeness (QED) is 0.589. The topological polar surface area (TPSA) is 35.5 Å². The molecule has 0 heterocycles. The van der Waals surface area contributed by atoms with E-state index in [0.29, 0.717) is 16.3 Å². The van der Waals surface area contributed by atoms with E-state index >= 15 is 0 Å². The molecular formula is C17H18ClLiO3P. The molecule has 1 radical (unpaired) electrons. The van der Waals surface area contributed by atoms with Crippen LogP contribution in [0.5, 0.6) is 11.5 Å². The fourth-order valence-electron chi connectivity index (χ4n) is 1.98. The van der Waals surface area contributed by atoms with Gasteiger partial charge in [-0.3, -0.25) is 4.79 Å². The van der Waals surface area contributed by atoms with Gasteiger partial charge in [0.15, 0.2) is 5.52 Å². The molecule has 0 aliphatic heterocycles. The molecular weight excluding hydrogens is 326 g/mol. The second-order valence-electron chi connectivity index (χ2n) is 4.96. The standard InChI is InChI=1S/C17H18ClO3P.Li/c1-11(2)21-12-7-9-13(10-8-12)22-17(19)16-14(18)5-4-6-15(16)20-3;/h4-11,22H,1-3H3;. The van der Waals surface area contributed by atoms with Crippen LogP contribution in [0.3, 0.4) is 0 Å². The summed E-state index contributed by atoms with van der Waals surface area (Å²) in [4.78, 5) is 12.5. The van der Waals surface area contributed by atoms with Gasteiger partial charge in [-0.1, -0.05) is 29.8 Å². The van der Waals surface area contributed by atoms with Gasteiger partial charge in [-0.2, -0.15) is 0 Å². The summed E-state index contributed by atoms with van der Waals surface area (Å²) < 4.78 is 10.8. The molecule has 0 saturated heterocycles. The monoisotopic (exact) mass is 343 g/mol. The summed E-state index contributed by atoms with van der Waals surface area (Å²) in [7, 11) is 1.52. The normalized spacial score (nSPS) is 10.7. The molecule has 0 saturated carbocycles. The minimum Gasteiger partial charge on any atom is -0.496 e. The number of methoxy groups -OCH3 is 1. The third kappa shape index (κ3) is 5.55. The molecule has 0 spiro atoms. The van der Waals surface area contributed by atoms with Crippen molar-refractivity contribution in [2.75, 3.05) is 7.11 Å². The second kappa shape index (κ2) is 9.35. The number of rotatable bonds is 6. The molecule has 0 aromatic heterocycles. The molecule has 2 aromatic carbocycles. The van der Waals surface area contributed by atoms with Gasteiger partial charge in [0.25, 0.3) is 0 Å². The fourth-order valence-corrected chi connectivity index (χ4v) is 3.29. The Morgan fingerprint density at radius 2 is 1.78 bits per heavy atom. The Kier molecular flexibility index (Phi) is 8.16. The van der Waals surface area contributed by atoms with Crippen LogP contribution in [-0.2, 0) is 0 Å². The van der Waals surface area contributed by atoms with Crippen LogP contribution >= 0.6 is 20.2 Å². The smallest absolute Gasteiger partial charge is 0.190 e. The van der Waals surface area contributed by atoms with Crippen LogP contribution in [0.1, 0.15) is 24.2 Å². The van der Waals surface area contributed by atoms with Crippen LogP contribution in [0.15, 0.2) is 42.5 Å². The zero-order chi connectivity index (χ0) is 16.1. The second-order valence-corrected chi connectivity index (χ2v) is 6.65. The van der Waals surface area contributed by atoms with Crippen LogP contribution < -0.4 is 14.8 Å². The molecule has 0 amide bonds. The van der Waals surface area contributed by atoms with E-state index in [1.54, 1.807) is 18.2 Å². The number of carbonyl (C=O) groups is 1. The Morgan fingerprint density at radius 1 is 1.13 bits per heavy atom. The van der Waals surface area contributed by atoms with Crippen LogP contribution in [0.4, 0.5) is 0 Å². The average molecular weight is 344 g/mol. The molecule has 3 nitrogen and oxygen atoms in total. The van der Waals surface area contributed by atoms with E-state index in [-0.39, 0.29) is 39.1 Å². The molecule has 117 valence electrons. The Morgan fingerprint density at radius 3 is 2.35 bits per heavy atom. The van der Waals surface area contributed by atoms with Crippen molar-refractivity contribution >= 4 is 49.9 Å². The first-order valence-corrected chi connectivity index (χ1v) is 8.29. The van der Waals surface area contributed by atoms with Gasteiger partial charge in [0.2, 0.25) is 0 Å². The first kappa shape index (κ1) is 20.1. The van der Waals surface area contributed by atoms with Crippen LogP contribution in [0, 0.1) is 0 Å². The molecule has 0 aliphatic carbocycles. The number of hydrogen-bond donors (Lipinski definition) is 0. The third-order valence-electron chi connectivity index (χ3n) is 2.91. The number of halogens is 1. The minimum atomic E-state index is -0.0417. The largest absolute Gasteiger partial charge is 0.496 e. The molecule has 1 unspecified atom stereocenters. The maximum absolute atomic E-state index is 12.5. The molecule has 2 rings (SSSR count). The number of benzene rings is 2. The van der Waals surface area contributed by atoms with Gasteiger partial charge >= 0.3 is 0 Å². The van der Waals surface area contributed by atoms with Crippen LogP contribution in [-0.4, -0.2) is 37.6 Å². The van der Waals surface area contributed by atoms with Gasteiger partial charge in [-0.25, -0.2) is 0 Å². The summed E-state index contributed by atoms with van der Waals surface area (Å²) in [6, 6.07) is 12.7. The van der Waals surface area contributed by atoms with E-state index < -0.39 is 0 Å².